The van der Waals surface area contributed by atoms with Crippen LogP contribution in [0.2, 0.25) is 0 Å². The first-order valence-corrected chi connectivity index (χ1v) is 7.24. The van der Waals surface area contributed by atoms with Crippen LogP contribution < -0.4 is 5.43 Å². The van der Waals surface area contributed by atoms with Crippen LogP contribution in [-0.2, 0) is 7.05 Å². The number of fused-ring (bicyclic) bond motifs is 1. The van der Waals surface area contributed by atoms with E-state index in [9.17, 15) is 4.79 Å². The van der Waals surface area contributed by atoms with Crippen molar-refractivity contribution in [2.75, 3.05) is 0 Å². The molecule has 2 aromatic carbocycles. The fourth-order valence-corrected chi connectivity index (χ4v) is 2.47. The SMILES string of the molecule is Cn1cc(/C=C/C=C/c2ccccc2)c(=O)c2ccccc21. The number of para-hydroxylation sites is 1. The lowest BCUT2D eigenvalue weighted by atomic mass is 10.1. The molecule has 1 aromatic heterocycles. The molecule has 0 atom stereocenters. The van der Waals surface area contributed by atoms with E-state index >= 15 is 0 Å². The van der Waals surface area contributed by atoms with Gasteiger partial charge in [0.05, 0.1) is 5.52 Å². The Hall–Kier alpha value is -2.87. The molecule has 108 valence electrons. The van der Waals surface area contributed by atoms with Gasteiger partial charge in [-0.05, 0) is 23.8 Å². The largest absolute Gasteiger partial charge is 0.350 e. The van der Waals surface area contributed by atoms with Crippen LogP contribution in [-0.4, -0.2) is 4.57 Å². The number of nitrogens with zero attached hydrogens (tertiary/aromatic N) is 1. The lowest BCUT2D eigenvalue weighted by molar-refractivity contribution is 0.947. The first kappa shape index (κ1) is 14.1. The molecular weight excluding hydrogens is 270 g/mol. The molecule has 2 heteroatoms. The molecule has 0 radical (unpaired) electrons. The first-order chi connectivity index (χ1) is 10.8. The molecule has 3 aromatic rings. The van der Waals surface area contributed by atoms with E-state index in [-0.39, 0.29) is 5.43 Å². The van der Waals surface area contributed by atoms with Crippen molar-refractivity contribution in [3.63, 3.8) is 0 Å². The van der Waals surface area contributed by atoms with Gasteiger partial charge in [-0.3, -0.25) is 4.79 Å². The normalized spacial score (nSPS) is 11.7. The fraction of sp³-hybridized carbons (Fsp3) is 0.0500. The van der Waals surface area contributed by atoms with E-state index in [1.165, 1.54) is 0 Å². The number of hydrogen-bond acceptors (Lipinski definition) is 1. The van der Waals surface area contributed by atoms with Gasteiger partial charge in [-0.15, -0.1) is 0 Å². The average molecular weight is 287 g/mol. The van der Waals surface area contributed by atoms with Crippen LogP contribution in [0.25, 0.3) is 23.1 Å². The monoisotopic (exact) mass is 287 g/mol. The summed E-state index contributed by atoms with van der Waals surface area (Å²) in [5, 5.41) is 0.749. The summed E-state index contributed by atoms with van der Waals surface area (Å²) >= 11 is 0. The standard InChI is InChI=1S/C20H17NO/c1-21-15-17(20(22)18-13-7-8-14-19(18)21)12-6-5-11-16-9-3-2-4-10-16/h2-15H,1H3/b11-5+,12-6+. The van der Waals surface area contributed by atoms with Crippen LogP contribution in [0.5, 0.6) is 0 Å². The molecule has 2 nitrogen and oxygen atoms in total. The minimum Gasteiger partial charge on any atom is -0.350 e. The summed E-state index contributed by atoms with van der Waals surface area (Å²) in [6.45, 7) is 0. The molecule has 3 rings (SSSR count). The van der Waals surface area contributed by atoms with Crippen molar-refractivity contribution in [2.24, 2.45) is 7.05 Å². The second-order valence-electron chi connectivity index (χ2n) is 5.17. The quantitative estimate of drug-likeness (QED) is 0.660. The van der Waals surface area contributed by atoms with Gasteiger partial charge < -0.3 is 4.57 Å². The summed E-state index contributed by atoms with van der Waals surface area (Å²) in [6.07, 6.45) is 9.59. The van der Waals surface area contributed by atoms with Crippen LogP contribution in [0.15, 0.2) is 77.7 Å². The molecule has 0 N–H and O–H groups in total. The van der Waals surface area contributed by atoms with Crippen molar-refractivity contribution in [1.29, 1.82) is 0 Å². The number of allylic oxidation sites excluding steroid dienone is 2. The molecule has 0 aliphatic heterocycles. The van der Waals surface area contributed by atoms with Crippen LogP contribution in [0.1, 0.15) is 11.1 Å². The Kier molecular flexibility index (Phi) is 4.01. The molecule has 0 bridgehead atoms. The number of rotatable bonds is 3. The average Bonchev–Trinajstić information content (AvgIpc) is 2.57. The van der Waals surface area contributed by atoms with Crippen LogP contribution >= 0.6 is 0 Å². The zero-order valence-corrected chi connectivity index (χ0v) is 12.4. The maximum Gasteiger partial charge on any atom is 0.196 e. The van der Waals surface area contributed by atoms with Gasteiger partial charge in [0, 0.05) is 24.2 Å². The highest BCUT2D eigenvalue weighted by molar-refractivity contribution is 5.81. The van der Waals surface area contributed by atoms with Crippen LogP contribution in [0.4, 0.5) is 0 Å². The zero-order valence-electron chi connectivity index (χ0n) is 12.4. The molecule has 0 amide bonds. The van der Waals surface area contributed by atoms with Crippen molar-refractivity contribution in [1.82, 2.24) is 4.57 Å². The van der Waals surface area contributed by atoms with E-state index in [4.69, 9.17) is 0 Å². The Morgan fingerprint density at radius 3 is 2.36 bits per heavy atom. The Labute approximate surface area is 129 Å². The van der Waals surface area contributed by atoms with Gasteiger partial charge in [-0.2, -0.15) is 0 Å². The van der Waals surface area contributed by atoms with Gasteiger partial charge in [-0.1, -0.05) is 60.7 Å². The number of pyridine rings is 1. The second kappa shape index (κ2) is 6.27. The summed E-state index contributed by atoms with van der Waals surface area (Å²) in [4.78, 5) is 12.5. The fourth-order valence-electron chi connectivity index (χ4n) is 2.47. The first-order valence-electron chi connectivity index (χ1n) is 7.24. The lowest BCUT2D eigenvalue weighted by Gasteiger charge is -2.06. The molecule has 0 spiro atoms. The molecule has 0 aliphatic carbocycles. The van der Waals surface area contributed by atoms with E-state index in [2.05, 4.69) is 0 Å². The Morgan fingerprint density at radius 2 is 1.55 bits per heavy atom. The van der Waals surface area contributed by atoms with Crippen LogP contribution in [0.3, 0.4) is 0 Å². The van der Waals surface area contributed by atoms with E-state index < -0.39 is 0 Å². The van der Waals surface area contributed by atoms with Crippen molar-refractivity contribution in [3.8, 4) is 0 Å². The van der Waals surface area contributed by atoms with E-state index in [0.29, 0.717) is 5.56 Å². The van der Waals surface area contributed by atoms with Gasteiger partial charge in [-0.25, -0.2) is 0 Å². The predicted molar refractivity (Wildman–Crippen MR) is 93.7 cm³/mol. The predicted octanol–water partition coefficient (Wildman–Crippen LogP) is 4.27. The van der Waals surface area contributed by atoms with Crippen LogP contribution in [0, 0.1) is 0 Å². The molecule has 0 saturated heterocycles. The highest BCUT2D eigenvalue weighted by atomic mass is 16.1. The molecule has 0 fully saturated rings. The topological polar surface area (TPSA) is 22.0 Å². The van der Waals surface area contributed by atoms with E-state index in [0.717, 1.165) is 16.5 Å². The second-order valence-corrected chi connectivity index (χ2v) is 5.17. The highest BCUT2D eigenvalue weighted by Crippen LogP contribution is 2.11. The number of benzene rings is 2. The minimum absolute atomic E-state index is 0.0676. The Balaban J connectivity index is 1.91. The Morgan fingerprint density at radius 1 is 0.864 bits per heavy atom. The van der Waals surface area contributed by atoms with Gasteiger partial charge in [0.25, 0.3) is 0 Å². The van der Waals surface area contributed by atoms with E-state index in [1.54, 1.807) is 0 Å². The van der Waals surface area contributed by atoms with Crippen molar-refractivity contribution in [3.05, 3.63) is 94.3 Å². The van der Waals surface area contributed by atoms with Gasteiger partial charge in [0.2, 0.25) is 0 Å². The number of aromatic nitrogens is 1. The third kappa shape index (κ3) is 2.91. The molecule has 0 aliphatic rings. The Bertz CT molecular complexity index is 902. The molecular formula is C20H17NO. The van der Waals surface area contributed by atoms with Gasteiger partial charge >= 0.3 is 0 Å². The van der Waals surface area contributed by atoms with Crippen molar-refractivity contribution >= 4 is 23.1 Å². The highest BCUT2D eigenvalue weighted by Gasteiger charge is 2.03. The van der Waals surface area contributed by atoms with Crippen molar-refractivity contribution in [2.45, 2.75) is 0 Å². The summed E-state index contributed by atoms with van der Waals surface area (Å²) in [6, 6.07) is 17.7. The zero-order chi connectivity index (χ0) is 15.4. The summed E-state index contributed by atoms with van der Waals surface area (Å²) in [5.41, 5.74) is 2.85. The molecule has 22 heavy (non-hydrogen) atoms. The third-order valence-electron chi connectivity index (χ3n) is 3.60. The van der Waals surface area contributed by atoms with Gasteiger partial charge in [0.1, 0.15) is 0 Å². The molecule has 1 heterocycles. The van der Waals surface area contributed by atoms with E-state index in [1.807, 2.05) is 96.7 Å². The summed E-state index contributed by atoms with van der Waals surface area (Å²) < 4.78 is 1.98. The number of hydrogen-bond donors (Lipinski definition) is 0. The summed E-state index contributed by atoms with van der Waals surface area (Å²) in [7, 11) is 1.96. The van der Waals surface area contributed by atoms with Crippen molar-refractivity contribution < 1.29 is 0 Å². The van der Waals surface area contributed by atoms with Gasteiger partial charge in [0.15, 0.2) is 5.43 Å². The maximum atomic E-state index is 12.5. The number of aryl methyl sites for hydroxylation is 1. The molecule has 0 saturated carbocycles. The minimum atomic E-state index is 0.0676. The lowest BCUT2D eigenvalue weighted by Crippen LogP contribution is -2.10. The summed E-state index contributed by atoms with van der Waals surface area (Å²) in [5.74, 6) is 0. The molecule has 0 unspecified atom stereocenters. The third-order valence-corrected chi connectivity index (χ3v) is 3.60. The maximum absolute atomic E-state index is 12.5. The smallest absolute Gasteiger partial charge is 0.196 e.